The Morgan fingerprint density at radius 2 is 1.48 bits per heavy atom. The molecule has 0 aromatic heterocycles. The summed E-state index contributed by atoms with van der Waals surface area (Å²) in [4.78, 5) is 70.7. The summed E-state index contributed by atoms with van der Waals surface area (Å²) < 4.78 is 38.2. The maximum absolute atomic E-state index is 12.7. The van der Waals surface area contributed by atoms with Crippen LogP contribution in [-0.2, 0) is 19.2 Å². The molecular formula is C26H35F3N4O7. The molecule has 0 aliphatic carbocycles. The van der Waals surface area contributed by atoms with Gasteiger partial charge in [-0.2, -0.15) is 18.1 Å². The van der Waals surface area contributed by atoms with Crippen molar-refractivity contribution in [2.24, 2.45) is 17.0 Å². The summed E-state index contributed by atoms with van der Waals surface area (Å²) in [6, 6.07) is 1.90. The van der Waals surface area contributed by atoms with Crippen molar-refractivity contribution in [2.75, 3.05) is 6.54 Å². The van der Waals surface area contributed by atoms with Gasteiger partial charge in [-0.05, 0) is 42.4 Å². The van der Waals surface area contributed by atoms with Crippen molar-refractivity contribution < 1.29 is 42.3 Å². The average Bonchev–Trinajstić information content (AvgIpc) is 2.87. The molecule has 1 rings (SSSR count). The summed E-state index contributed by atoms with van der Waals surface area (Å²) >= 11 is 0. The highest BCUT2D eigenvalue weighted by atomic mass is 19.4. The number of carboxylic acid groups (broad SMARTS) is 1. The normalized spacial score (nSPS) is 13.7. The molecule has 0 aliphatic rings. The van der Waals surface area contributed by atoms with Crippen LogP contribution in [0, 0.1) is 16.7 Å². The lowest BCUT2D eigenvalue weighted by molar-refractivity contribution is -0.174. The maximum atomic E-state index is 12.7. The Morgan fingerprint density at radius 1 is 0.900 bits per heavy atom. The van der Waals surface area contributed by atoms with E-state index in [1.807, 2.05) is 0 Å². The highest BCUT2D eigenvalue weighted by molar-refractivity contribution is 5.97. The second kappa shape index (κ2) is 15.7. The number of benzene rings is 1. The molecular weight excluding hydrogens is 537 g/mol. The quantitative estimate of drug-likeness (QED) is 0.174. The average molecular weight is 573 g/mol. The molecule has 0 saturated carbocycles. The molecule has 3 amide bonds. The number of rotatable bonds is 16. The largest absolute Gasteiger partial charge is 0.481 e. The third-order valence-corrected chi connectivity index (χ3v) is 5.96. The van der Waals surface area contributed by atoms with E-state index in [4.69, 9.17) is 5.11 Å². The molecule has 0 heterocycles. The number of alkyl halides is 3. The van der Waals surface area contributed by atoms with Crippen LogP contribution in [0.15, 0.2) is 29.4 Å². The van der Waals surface area contributed by atoms with Gasteiger partial charge in [-0.15, -0.1) is 0 Å². The maximum Gasteiger partial charge on any atom is 0.452 e. The lowest BCUT2D eigenvalue weighted by atomic mass is 9.99. The first-order valence-corrected chi connectivity index (χ1v) is 12.7. The van der Waals surface area contributed by atoms with Crippen molar-refractivity contribution in [1.82, 2.24) is 16.0 Å². The zero-order valence-electron chi connectivity index (χ0n) is 22.7. The Morgan fingerprint density at radius 3 is 1.95 bits per heavy atom. The first-order chi connectivity index (χ1) is 18.6. The topological polar surface area (TPSA) is 171 Å². The van der Waals surface area contributed by atoms with Crippen molar-refractivity contribution in [2.45, 2.75) is 77.7 Å². The van der Waals surface area contributed by atoms with Crippen LogP contribution < -0.4 is 16.0 Å². The van der Waals surface area contributed by atoms with Crippen LogP contribution in [0.3, 0.4) is 0 Å². The zero-order chi connectivity index (χ0) is 30.6. The Kier molecular flexibility index (Phi) is 13.4. The molecule has 11 nitrogen and oxygen atoms in total. The van der Waals surface area contributed by atoms with Gasteiger partial charge in [0.15, 0.2) is 0 Å². The van der Waals surface area contributed by atoms with Crippen LogP contribution in [-0.4, -0.2) is 59.4 Å². The molecule has 40 heavy (non-hydrogen) atoms. The number of carbonyl (C=O) groups is 5. The highest BCUT2D eigenvalue weighted by Crippen LogP contribution is 2.22. The van der Waals surface area contributed by atoms with Gasteiger partial charge in [0, 0.05) is 18.5 Å². The van der Waals surface area contributed by atoms with Crippen molar-refractivity contribution in [3.8, 4) is 0 Å². The standard InChI is InChI=1S/C26H35F3N4O7/c1-14(2)21(23(37)26(27,28)29)31-19(34)7-5-6-12-30-25(39)22(15(3)4)32-24(38)17-10-8-16(9-11-17)18(33-40)13-20(35)36/h8-11,14-15,18,21-22H,5-7,12-13H2,1-4H3,(H,30,39)(H,31,34)(H,32,38)(H,35,36). The predicted octanol–water partition coefficient (Wildman–Crippen LogP) is 3.28. The van der Waals surface area contributed by atoms with Crippen LogP contribution in [0.2, 0.25) is 0 Å². The van der Waals surface area contributed by atoms with Crippen LogP contribution in [0.25, 0.3) is 0 Å². The number of unbranched alkanes of at least 4 members (excludes halogenated alkanes) is 1. The number of ketones is 1. The van der Waals surface area contributed by atoms with Crippen molar-refractivity contribution >= 4 is 29.5 Å². The number of aliphatic carboxylic acids is 1. The Bertz CT molecular complexity index is 1060. The van der Waals surface area contributed by atoms with Gasteiger partial charge in [0.25, 0.3) is 11.7 Å². The fourth-order valence-corrected chi connectivity index (χ4v) is 3.69. The number of halogens is 3. The summed E-state index contributed by atoms with van der Waals surface area (Å²) in [5.41, 5.74) is 0.504. The molecule has 3 unspecified atom stereocenters. The Hall–Kier alpha value is -3.84. The summed E-state index contributed by atoms with van der Waals surface area (Å²) in [6.07, 6.45) is -5.14. The fraction of sp³-hybridized carbons (Fsp3) is 0.577. The van der Waals surface area contributed by atoms with Gasteiger partial charge in [-0.1, -0.05) is 45.0 Å². The molecule has 0 radical (unpaired) electrons. The molecule has 0 saturated heterocycles. The number of hydrogen-bond donors (Lipinski definition) is 4. The monoisotopic (exact) mass is 572 g/mol. The number of carbonyl (C=O) groups excluding carboxylic acids is 4. The number of Topliss-reactive ketones (excluding diaryl/α,β-unsaturated/α-hetero) is 1. The number of nitrogens with one attached hydrogen (secondary N) is 3. The highest BCUT2D eigenvalue weighted by Gasteiger charge is 2.44. The van der Waals surface area contributed by atoms with Crippen molar-refractivity contribution in [3.63, 3.8) is 0 Å². The van der Waals surface area contributed by atoms with Gasteiger partial charge in [0.05, 0.1) is 12.5 Å². The van der Waals surface area contributed by atoms with Crippen LogP contribution >= 0.6 is 0 Å². The lowest BCUT2D eigenvalue weighted by Crippen LogP contribution is -2.50. The van der Waals surface area contributed by atoms with Gasteiger partial charge >= 0.3 is 12.1 Å². The number of nitroso groups, excluding NO2 is 1. The second-order valence-electron chi connectivity index (χ2n) is 9.94. The first-order valence-electron chi connectivity index (χ1n) is 12.7. The third kappa shape index (κ3) is 11.1. The van der Waals surface area contributed by atoms with E-state index < -0.39 is 66.1 Å². The molecule has 0 spiro atoms. The minimum absolute atomic E-state index is 0.138. The molecule has 0 fully saturated rings. The van der Waals surface area contributed by atoms with Crippen LogP contribution in [0.1, 0.15) is 75.3 Å². The SMILES string of the molecule is CC(C)C(NC(=O)c1ccc(C(CC(=O)O)N=O)cc1)C(=O)NCCCCC(=O)NC(C(=O)C(F)(F)F)C(C)C. The summed E-state index contributed by atoms with van der Waals surface area (Å²) in [5, 5.41) is 19.1. The lowest BCUT2D eigenvalue weighted by Gasteiger charge is -2.22. The van der Waals surface area contributed by atoms with Crippen LogP contribution in [0.4, 0.5) is 13.2 Å². The van der Waals surface area contributed by atoms with Crippen LogP contribution in [0.5, 0.6) is 0 Å². The van der Waals surface area contributed by atoms with Crippen molar-refractivity contribution in [1.29, 1.82) is 0 Å². The smallest absolute Gasteiger partial charge is 0.452 e. The Balaban J connectivity index is 2.59. The summed E-state index contributed by atoms with van der Waals surface area (Å²) in [6.45, 7) is 6.37. The summed E-state index contributed by atoms with van der Waals surface area (Å²) in [7, 11) is 0. The first kappa shape index (κ1) is 34.2. The second-order valence-corrected chi connectivity index (χ2v) is 9.94. The van der Waals surface area contributed by atoms with Gasteiger partial charge in [0.1, 0.15) is 12.1 Å². The molecule has 222 valence electrons. The molecule has 1 aromatic carbocycles. The minimum Gasteiger partial charge on any atom is -0.481 e. The molecule has 4 N–H and O–H groups in total. The summed E-state index contributed by atoms with van der Waals surface area (Å²) in [5.74, 6) is -6.02. The fourth-order valence-electron chi connectivity index (χ4n) is 3.69. The van der Waals surface area contributed by atoms with E-state index in [1.165, 1.54) is 38.1 Å². The zero-order valence-corrected chi connectivity index (χ0v) is 22.7. The number of nitrogens with zero attached hydrogens (tertiary/aromatic N) is 1. The van der Waals surface area contributed by atoms with E-state index in [9.17, 15) is 42.1 Å². The number of hydrogen-bond acceptors (Lipinski definition) is 7. The molecule has 0 bridgehead atoms. The predicted molar refractivity (Wildman–Crippen MR) is 138 cm³/mol. The number of carboxylic acids is 1. The molecule has 3 atom stereocenters. The van der Waals surface area contributed by atoms with Gasteiger partial charge < -0.3 is 21.1 Å². The van der Waals surface area contributed by atoms with E-state index >= 15 is 0 Å². The van der Waals surface area contributed by atoms with Gasteiger partial charge in [0.2, 0.25) is 11.8 Å². The van der Waals surface area contributed by atoms with E-state index in [1.54, 1.807) is 13.8 Å². The molecule has 14 heteroatoms. The molecule has 1 aromatic rings. The third-order valence-electron chi connectivity index (χ3n) is 5.96. The van der Waals surface area contributed by atoms with E-state index in [-0.39, 0.29) is 30.9 Å². The molecule has 0 aliphatic heterocycles. The van der Waals surface area contributed by atoms with Gasteiger partial charge in [-0.25, -0.2) is 0 Å². The van der Waals surface area contributed by atoms with E-state index in [0.29, 0.717) is 12.0 Å². The minimum atomic E-state index is -5.06. The van der Waals surface area contributed by atoms with Gasteiger partial charge in [-0.3, -0.25) is 24.0 Å². The number of amides is 3. The van der Waals surface area contributed by atoms with E-state index in [2.05, 4.69) is 21.1 Å². The Labute approximate surface area is 229 Å². The van der Waals surface area contributed by atoms with Crippen molar-refractivity contribution in [3.05, 3.63) is 40.3 Å². The van der Waals surface area contributed by atoms with E-state index in [0.717, 1.165) is 0 Å².